The Bertz CT molecular complexity index is 922. The molecule has 0 N–H and O–H groups in total. The summed E-state index contributed by atoms with van der Waals surface area (Å²) < 4.78 is 2.08. The molecule has 0 bridgehead atoms. The van der Waals surface area contributed by atoms with Crippen LogP contribution >= 0.6 is 11.3 Å². The van der Waals surface area contributed by atoms with Crippen LogP contribution in [0.3, 0.4) is 0 Å². The highest BCUT2D eigenvalue weighted by molar-refractivity contribution is 7.13. The third-order valence-electron chi connectivity index (χ3n) is 5.35. The van der Waals surface area contributed by atoms with E-state index in [0.29, 0.717) is 13.0 Å². The van der Waals surface area contributed by atoms with Gasteiger partial charge in [-0.2, -0.15) is 0 Å². The number of carbonyl (C=O) groups is 1. The first kappa shape index (κ1) is 18.9. The van der Waals surface area contributed by atoms with Crippen molar-refractivity contribution in [3.05, 3.63) is 70.5 Å². The lowest BCUT2D eigenvalue weighted by molar-refractivity contribution is 0.0984. The summed E-state index contributed by atoms with van der Waals surface area (Å²) in [6.07, 6.45) is 7.30. The van der Waals surface area contributed by atoms with Crippen molar-refractivity contribution in [2.75, 3.05) is 18.0 Å². The molecule has 2 aromatic heterocycles. The van der Waals surface area contributed by atoms with Crippen molar-refractivity contribution in [3.8, 4) is 0 Å². The maximum absolute atomic E-state index is 13.0. The molecule has 1 fully saturated rings. The summed E-state index contributed by atoms with van der Waals surface area (Å²) in [6.45, 7) is 5.00. The number of carbonyl (C=O) groups excluding carboxylic acids is 1. The van der Waals surface area contributed by atoms with E-state index in [9.17, 15) is 4.79 Å². The zero-order valence-corrected chi connectivity index (χ0v) is 17.3. The summed E-state index contributed by atoms with van der Waals surface area (Å²) in [4.78, 5) is 20.2. The SMILES string of the molecule is CCc1cc(C(=O)Cc2ccccc2)n(Cc2csc(N3CCCCC3)n2)c1. The molecule has 0 amide bonds. The zero-order valence-electron chi connectivity index (χ0n) is 16.4. The number of Topliss-reactive ketones (excluding diaryl/α,β-unsaturated/α-hetero) is 1. The van der Waals surface area contributed by atoms with E-state index in [0.717, 1.165) is 41.6 Å². The molecule has 1 aromatic carbocycles. The zero-order chi connectivity index (χ0) is 19.3. The Kier molecular flexibility index (Phi) is 5.91. The molecule has 1 aliphatic rings. The smallest absolute Gasteiger partial charge is 0.185 e. The molecule has 146 valence electrons. The van der Waals surface area contributed by atoms with Crippen LogP contribution in [0, 0.1) is 0 Å². The minimum atomic E-state index is 0.164. The predicted octanol–water partition coefficient (Wildman–Crippen LogP) is 4.97. The number of ketones is 1. The molecule has 3 aromatic rings. The first-order chi connectivity index (χ1) is 13.7. The molecule has 0 saturated carbocycles. The van der Waals surface area contributed by atoms with Gasteiger partial charge in [-0.15, -0.1) is 11.3 Å². The second-order valence-electron chi connectivity index (χ2n) is 7.47. The fourth-order valence-electron chi connectivity index (χ4n) is 3.78. The average molecular weight is 394 g/mol. The van der Waals surface area contributed by atoms with Gasteiger partial charge >= 0.3 is 0 Å². The molecule has 4 rings (SSSR count). The lowest BCUT2D eigenvalue weighted by atomic mass is 10.1. The molecule has 1 saturated heterocycles. The summed E-state index contributed by atoms with van der Waals surface area (Å²) in [7, 11) is 0. The summed E-state index contributed by atoms with van der Waals surface area (Å²) in [5, 5.41) is 3.26. The van der Waals surface area contributed by atoms with Crippen molar-refractivity contribution in [3.63, 3.8) is 0 Å². The number of thiazole rings is 1. The molecule has 4 nitrogen and oxygen atoms in total. The van der Waals surface area contributed by atoms with Gasteiger partial charge in [0.25, 0.3) is 0 Å². The van der Waals surface area contributed by atoms with Gasteiger partial charge < -0.3 is 9.47 Å². The number of aromatic nitrogens is 2. The molecule has 0 aliphatic carbocycles. The number of anilines is 1. The minimum absolute atomic E-state index is 0.164. The second kappa shape index (κ2) is 8.74. The standard InChI is InChI=1S/C23H27N3OS/c1-2-18-13-21(22(27)14-19-9-5-3-6-10-19)26(15-18)16-20-17-28-23(24-20)25-11-7-4-8-12-25/h3,5-6,9-10,13,15,17H,2,4,7-8,11-12,14,16H2,1H3. The lowest BCUT2D eigenvalue weighted by Crippen LogP contribution is -2.29. The normalized spacial score (nSPS) is 14.4. The van der Waals surface area contributed by atoms with E-state index in [1.165, 1.54) is 24.8 Å². The number of benzene rings is 1. The minimum Gasteiger partial charge on any atom is -0.348 e. The van der Waals surface area contributed by atoms with Crippen molar-refractivity contribution in [2.24, 2.45) is 0 Å². The van der Waals surface area contributed by atoms with Crippen LogP contribution in [-0.2, 0) is 19.4 Å². The van der Waals surface area contributed by atoms with E-state index in [4.69, 9.17) is 4.98 Å². The maximum Gasteiger partial charge on any atom is 0.185 e. The monoisotopic (exact) mass is 393 g/mol. The van der Waals surface area contributed by atoms with E-state index >= 15 is 0 Å². The van der Waals surface area contributed by atoms with Crippen molar-refractivity contribution >= 4 is 22.3 Å². The van der Waals surface area contributed by atoms with Crippen LogP contribution in [0.2, 0.25) is 0 Å². The molecule has 1 aliphatic heterocycles. The third kappa shape index (κ3) is 4.36. The third-order valence-corrected chi connectivity index (χ3v) is 6.30. The predicted molar refractivity (Wildman–Crippen MR) is 116 cm³/mol. The lowest BCUT2D eigenvalue weighted by Gasteiger charge is -2.25. The van der Waals surface area contributed by atoms with E-state index < -0.39 is 0 Å². The van der Waals surface area contributed by atoms with Crippen LogP contribution in [0.15, 0.2) is 48.0 Å². The Balaban J connectivity index is 1.52. The molecular formula is C23H27N3OS. The van der Waals surface area contributed by atoms with Crippen molar-refractivity contribution < 1.29 is 4.79 Å². The summed E-state index contributed by atoms with van der Waals surface area (Å²) in [5.41, 5.74) is 4.08. The Morgan fingerprint density at radius 3 is 2.64 bits per heavy atom. The van der Waals surface area contributed by atoms with E-state index in [2.05, 4.69) is 28.0 Å². The molecule has 0 unspecified atom stereocenters. The quantitative estimate of drug-likeness (QED) is 0.532. The Morgan fingerprint density at radius 1 is 1.11 bits per heavy atom. The fourth-order valence-corrected chi connectivity index (χ4v) is 4.65. The van der Waals surface area contributed by atoms with Crippen LogP contribution in [0.1, 0.15) is 53.5 Å². The number of aryl methyl sites for hydroxylation is 1. The van der Waals surface area contributed by atoms with Crippen LogP contribution in [0.5, 0.6) is 0 Å². The summed E-state index contributed by atoms with van der Waals surface area (Å²) in [5.74, 6) is 0.164. The first-order valence-corrected chi connectivity index (χ1v) is 11.1. The molecule has 28 heavy (non-hydrogen) atoms. The highest BCUT2D eigenvalue weighted by Gasteiger charge is 2.17. The number of hydrogen-bond donors (Lipinski definition) is 0. The average Bonchev–Trinajstić information content (AvgIpc) is 3.37. The van der Waals surface area contributed by atoms with Crippen LogP contribution in [0.4, 0.5) is 5.13 Å². The van der Waals surface area contributed by atoms with Gasteiger partial charge in [0, 0.05) is 31.1 Å². The fraction of sp³-hybridized carbons (Fsp3) is 0.391. The van der Waals surface area contributed by atoms with Gasteiger partial charge in [0.2, 0.25) is 0 Å². The number of piperidine rings is 1. The first-order valence-electron chi connectivity index (χ1n) is 10.2. The van der Waals surface area contributed by atoms with Crippen molar-refractivity contribution in [2.45, 2.75) is 45.6 Å². The highest BCUT2D eigenvalue weighted by Crippen LogP contribution is 2.25. The van der Waals surface area contributed by atoms with Gasteiger partial charge in [0.1, 0.15) is 0 Å². The van der Waals surface area contributed by atoms with Crippen LogP contribution < -0.4 is 4.90 Å². The number of rotatable bonds is 7. The Hall–Kier alpha value is -2.40. The Labute approximate surface area is 170 Å². The largest absolute Gasteiger partial charge is 0.348 e. The maximum atomic E-state index is 13.0. The summed E-state index contributed by atoms with van der Waals surface area (Å²) >= 11 is 1.72. The number of nitrogens with zero attached hydrogens (tertiary/aromatic N) is 3. The highest BCUT2D eigenvalue weighted by atomic mass is 32.1. The van der Waals surface area contributed by atoms with Gasteiger partial charge in [-0.05, 0) is 42.9 Å². The van der Waals surface area contributed by atoms with Gasteiger partial charge in [-0.1, -0.05) is 37.3 Å². The molecular weight excluding hydrogens is 366 g/mol. The van der Waals surface area contributed by atoms with E-state index in [1.807, 2.05) is 36.4 Å². The van der Waals surface area contributed by atoms with Gasteiger partial charge in [-0.25, -0.2) is 4.98 Å². The van der Waals surface area contributed by atoms with Gasteiger partial charge in [0.05, 0.1) is 17.9 Å². The Morgan fingerprint density at radius 2 is 1.89 bits per heavy atom. The van der Waals surface area contributed by atoms with Crippen molar-refractivity contribution in [1.29, 1.82) is 0 Å². The summed E-state index contributed by atoms with van der Waals surface area (Å²) in [6, 6.07) is 12.0. The second-order valence-corrected chi connectivity index (χ2v) is 8.31. The van der Waals surface area contributed by atoms with Gasteiger partial charge in [-0.3, -0.25) is 4.79 Å². The van der Waals surface area contributed by atoms with Crippen LogP contribution in [-0.4, -0.2) is 28.4 Å². The van der Waals surface area contributed by atoms with E-state index in [-0.39, 0.29) is 5.78 Å². The van der Waals surface area contributed by atoms with Crippen LogP contribution in [0.25, 0.3) is 0 Å². The van der Waals surface area contributed by atoms with E-state index in [1.54, 1.807) is 11.3 Å². The molecule has 0 radical (unpaired) electrons. The molecule has 3 heterocycles. The molecule has 0 spiro atoms. The molecule has 5 heteroatoms. The number of hydrogen-bond acceptors (Lipinski definition) is 4. The topological polar surface area (TPSA) is 38.1 Å². The van der Waals surface area contributed by atoms with Crippen molar-refractivity contribution in [1.82, 2.24) is 9.55 Å². The molecule has 0 atom stereocenters. The van der Waals surface area contributed by atoms with Gasteiger partial charge in [0.15, 0.2) is 10.9 Å².